The first-order valence-corrected chi connectivity index (χ1v) is 7.92. The summed E-state index contributed by atoms with van der Waals surface area (Å²) in [7, 11) is -1.42. The van der Waals surface area contributed by atoms with E-state index in [9.17, 15) is 17.2 Å². The van der Waals surface area contributed by atoms with Crippen LogP contribution in [0.3, 0.4) is 0 Å². The molecule has 0 spiro atoms. The number of nitrogens with one attached hydrogen (secondary N) is 1. The van der Waals surface area contributed by atoms with Crippen molar-refractivity contribution in [2.24, 2.45) is 0 Å². The van der Waals surface area contributed by atoms with Crippen molar-refractivity contribution in [3.05, 3.63) is 29.3 Å². The molecule has 0 saturated carbocycles. The predicted octanol–water partition coefficient (Wildman–Crippen LogP) is 1.64. The van der Waals surface area contributed by atoms with Gasteiger partial charge in [-0.25, -0.2) is 21.9 Å². The number of methoxy groups -OCH3 is 2. The van der Waals surface area contributed by atoms with E-state index in [4.69, 9.17) is 21.1 Å². The van der Waals surface area contributed by atoms with E-state index in [1.807, 2.05) is 0 Å². The van der Waals surface area contributed by atoms with Gasteiger partial charge in [0.05, 0.1) is 12.7 Å². The Morgan fingerprint density at radius 3 is 2.52 bits per heavy atom. The molecular formula is C12H16ClF2NO4S. The second-order valence-corrected chi connectivity index (χ2v) is 6.19. The number of benzene rings is 1. The lowest BCUT2D eigenvalue weighted by molar-refractivity contribution is 0.0320. The summed E-state index contributed by atoms with van der Waals surface area (Å²) in [5, 5.41) is 0. The Labute approximate surface area is 127 Å². The fourth-order valence-electron chi connectivity index (χ4n) is 1.57. The SMILES string of the molecule is COCC(CNS(=O)(=O)c1cc(CCl)cc(F)c1F)OC. The Morgan fingerprint density at radius 2 is 2.00 bits per heavy atom. The number of rotatable bonds is 8. The number of halogens is 3. The summed E-state index contributed by atoms with van der Waals surface area (Å²) in [6.45, 7) is 0.0103. The van der Waals surface area contributed by atoms with Crippen molar-refractivity contribution in [1.29, 1.82) is 0 Å². The fourth-order valence-corrected chi connectivity index (χ4v) is 2.92. The molecule has 0 aliphatic heterocycles. The highest BCUT2D eigenvalue weighted by atomic mass is 35.5. The molecule has 120 valence electrons. The molecule has 0 fully saturated rings. The molecule has 0 aliphatic carbocycles. The smallest absolute Gasteiger partial charge is 0.243 e. The summed E-state index contributed by atoms with van der Waals surface area (Å²) in [5.41, 5.74) is 0.163. The van der Waals surface area contributed by atoms with Crippen molar-refractivity contribution in [1.82, 2.24) is 4.72 Å². The van der Waals surface area contributed by atoms with Gasteiger partial charge in [-0.3, -0.25) is 0 Å². The molecule has 0 radical (unpaired) electrons. The largest absolute Gasteiger partial charge is 0.382 e. The third kappa shape index (κ3) is 4.86. The van der Waals surface area contributed by atoms with E-state index in [2.05, 4.69) is 4.72 Å². The minimum Gasteiger partial charge on any atom is -0.382 e. The van der Waals surface area contributed by atoms with Crippen LogP contribution in [0.25, 0.3) is 0 Å². The fraction of sp³-hybridized carbons (Fsp3) is 0.500. The van der Waals surface area contributed by atoms with E-state index in [0.717, 1.165) is 12.1 Å². The van der Waals surface area contributed by atoms with Crippen LogP contribution in [0.4, 0.5) is 8.78 Å². The lowest BCUT2D eigenvalue weighted by Crippen LogP contribution is -2.36. The molecular weight excluding hydrogens is 328 g/mol. The van der Waals surface area contributed by atoms with E-state index >= 15 is 0 Å². The van der Waals surface area contributed by atoms with Gasteiger partial charge < -0.3 is 9.47 Å². The number of alkyl halides is 1. The average molecular weight is 344 g/mol. The van der Waals surface area contributed by atoms with Gasteiger partial charge in [-0.15, -0.1) is 11.6 Å². The molecule has 1 N–H and O–H groups in total. The maximum Gasteiger partial charge on any atom is 0.243 e. The lowest BCUT2D eigenvalue weighted by atomic mass is 10.2. The van der Waals surface area contributed by atoms with Crippen LogP contribution in [0, 0.1) is 11.6 Å². The van der Waals surface area contributed by atoms with Gasteiger partial charge in [-0.05, 0) is 17.7 Å². The minimum atomic E-state index is -4.23. The van der Waals surface area contributed by atoms with Gasteiger partial charge in [0.15, 0.2) is 11.6 Å². The van der Waals surface area contributed by atoms with Crippen LogP contribution in [0.2, 0.25) is 0 Å². The average Bonchev–Trinajstić information content (AvgIpc) is 2.45. The first-order valence-electron chi connectivity index (χ1n) is 5.91. The molecule has 1 aromatic carbocycles. The highest BCUT2D eigenvalue weighted by molar-refractivity contribution is 7.89. The van der Waals surface area contributed by atoms with Crippen LogP contribution in [-0.4, -0.2) is 41.9 Å². The van der Waals surface area contributed by atoms with E-state index in [0.29, 0.717) is 0 Å². The van der Waals surface area contributed by atoms with Gasteiger partial charge in [0, 0.05) is 26.6 Å². The minimum absolute atomic E-state index is 0.135. The lowest BCUT2D eigenvalue weighted by Gasteiger charge is -2.15. The Kier molecular flexibility index (Phi) is 6.95. The topological polar surface area (TPSA) is 64.6 Å². The molecule has 1 atom stereocenters. The predicted molar refractivity (Wildman–Crippen MR) is 73.8 cm³/mol. The van der Waals surface area contributed by atoms with E-state index in [-0.39, 0.29) is 24.6 Å². The monoisotopic (exact) mass is 343 g/mol. The van der Waals surface area contributed by atoms with E-state index < -0.39 is 32.7 Å². The standard InChI is InChI=1S/C12H16ClF2NO4S/c1-19-7-9(20-2)6-16-21(17,18)11-4-8(5-13)3-10(14)12(11)15/h3-4,9,16H,5-7H2,1-2H3. The second kappa shape index (κ2) is 8.00. The first-order chi connectivity index (χ1) is 9.85. The Morgan fingerprint density at radius 1 is 1.33 bits per heavy atom. The van der Waals surface area contributed by atoms with Crippen molar-refractivity contribution in [3.63, 3.8) is 0 Å². The summed E-state index contributed by atoms with van der Waals surface area (Å²) in [6.07, 6.45) is -0.547. The van der Waals surface area contributed by atoms with Crippen molar-refractivity contribution < 1.29 is 26.7 Å². The highest BCUT2D eigenvalue weighted by Crippen LogP contribution is 2.20. The van der Waals surface area contributed by atoms with Crippen LogP contribution in [0.15, 0.2) is 17.0 Å². The zero-order valence-electron chi connectivity index (χ0n) is 11.5. The Bertz CT molecular complexity index is 583. The van der Waals surface area contributed by atoms with Gasteiger partial charge in [-0.1, -0.05) is 0 Å². The highest BCUT2D eigenvalue weighted by Gasteiger charge is 2.24. The van der Waals surface area contributed by atoms with Crippen molar-refractivity contribution in [2.45, 2.75) is 16.9 Å². The summed E-state index contributed by atoms with van der Waals surface area (Å²) < 4.78 is 63.1. The molecule has 0 aromatic heterocycles. The third-order valence-corrected chi connectivity index (χ3v) is 4.42. The normalized spacial score (nSPS) is 13.4. The van der Waals surface area contributed by atoms with Gasteiger partial charge in [-0.2, -0.15) is 0 Å². The van der Waals surface area contributed by atoms with Gasteiger partial charge in [0.1, 0.15) is 4.90 Å². The Hall–Kier alpha value is -0.800. The molecule has 0 amide bonds. The molecule has 0 saturated heterocycles. The maximum atomic E-state index is 13.7. The number of sulfonamides is 1. The maximum absolute atomic E-state index is 13.7. The number of ether oxygens (including phenoxy) is 2. The second-order valence-electron chi connectivity index (χ2n) is 4.19. The molecule has 21 heavy (non-hydrogen) atoms. The Balaban J connectivity index is 3.00. The molecule has 1 unspecified atom stereocenters. The van der Waals surface area contributed by atoms with E-state index in [1.165, 1.54) is 14.2 Å². The number of hydrogen-bond donors (Lipinski definition) is 1. The van der Waals surface area contributed by atoms with Crippen LogP contribution in [-0.2, 0) is 25.4 Å². The van der Waals surface area contributed by atoms with Crippen LogP contribution in [0.5, 0.6) is 0 Å². The zero-order valence-corrected chi connectivity index (χ0v) is 13.1. The molecule has 1 aromatic rings. The first kappa shape index (κ1) is 18.2. The van der Waals surface area contributed by atoms with Crippen LogP contribution in [0.1, 0.15) is 5.56 Å². The van der Waals surface area contributed by atoms with Gasteiger partial charge in [0.25, 0.3) is 0 Å². The summed E-state index contributed by atoms with van der Waals surface area (Å²) in [6, 6.07) is 1.84. The molecule has 0 bridgehead atoms. The quantitative estimate of drug-likeness (QED) is 0.729. The molecule has 9 heteroatoms. The van der Waals surface area contributed by atoms with Crippen molar-refractivity contribution in [3.8, 4) is 0 Å². The van der Waals surface area contributed by atoms with Crippen molar-refractivity contribution in [2.75, 3.05) is 27.4 Å². The summed E-state index contributed by atoms with van der Waals surface area (Å²) >= 11 is 5.52. The number of hydrogen-bond acceptors (Lipinski definition) is 4. The molecule has 0 heterocycles. The zero-order chi connectivity index (χ0) is 16.0. The van der Waals surface area contributed by atoms with Crippen molar-refractivity contribution >= 4 is 21.6 Å². The molecule has 0 aliphatic rings. The van der Waals surface area contributed by atoms with E-state index in [1.54, 1.807) is 0 Å². The van der Waals surface area contributed by atoms with Crippen LogP contribution >= 0.6 is 11.6 Å². The summed E-state index contributed by atoms with van der Waals surface area (Å²) in [4.78, 5) is -0.787. The molecule has 1 rings (SSSR count). The summed E-state index contributed by atoms with van der Waals surface area (Å²) in [5.74, 6) is -2.85. The van der Waals surface area contributed by atoms with Crippen LogP contribution < -0.4 is 4.72 Å². The van der Waals surface area contributed by atoms with Gasteiger partial charge in [0.2, 0.25) is 10.0 Å². The van der Waals surface area contributed by atoms with Gasteiger partial charge >= 0.3 is 0 Å². The third-order valence-electron chi connectivity index (χ3n) is 2.69. The molecule has 5 nitrogen and oxygen atoms in total.